The molecule has 0 saturated carbocycles. The molecule has 4 rings (SSSR count). The molecule has 1 atom stereocenters. The third kappa shape index (κ3) is 4.71. The first-order valence-corrected chi connectivity index (χ1v) is 11.7. The van der Waals surface area contributed by atoms with E-state index in [4.69, 9.17) is 14.2 Å². The van der Waals surface area contributed by atoms with Gasteiger partial charge in [-0.1, -0.05) is 19.1 Å². The van der Waals surface area contributed by atoms with Crippen molar-refractivity contribution in [2.75, 3.05) is 25.7 Å². The Labute approximate surface area is 214 Å². The topological polar surface area (TPSA) is 109 Å². The summed E-state index contributed by atoms with van der Waals surface area (Å²) in [5.41, 5.74) is 1.51. The number of para-hydroxylation sites is 1. The Morgan fingerprint density at radius 3 is 2.30 bits per heavy atom. The molecule has 1 amide bonds. The number of amides is 1. The summed E-state index contributed by atoms with van der Waals surface area (Å²) in [5, 5.41) is 20.6. The molecule has 1 aliphatic rings. The summed E-state index contributed by atoms with van der Waals surface area (Å²) in [4.78, 5) is 28.1. The maximum absolute atomic E-state index is 13.4. The van der Waals surface area contributed by atoms with Gasteiger partial charge in [-0.2, -0.15) is 5.26 Å². The van der Waals surface area contributed by atoms with Gasteiger partial charge in [-0.15, -0.1) is 0 Å². The van der Waals surface area contributed by atoms with Crippen LogP contribution in [0.4, 0.5) is 5.69 Å². The number of aliphatic hydroxyl groups excluding tert-OH is 1. The van der Waals surface area contributed by atoms with E-state index in [0.29, 0.717) is 46.2 Å². The van der Waals surface area contributed by atoms with Crippen LogP contribution in [0.3, 0.4) is 0 Å². The number of aliphatic hydroxyl groups is 1. The number of carbonyl (C=O) groups is 2. The van der Waals surface area contributed by atoms with Crippen molar-refractivity contribution in [1.82, 2.24) is 0 Å². The summed E-state index contributed by atoms with van der Waals surface area (Å²) in [7, 11) is 2.95. The van der Waals surface area contributed by atoms with Crippen LogP contribution in [0.2, 0.25) is 0 Å². The molecule has 1 aliphatic heterocycles. The van der Waals surface area contributed by atoms with Gasteiger partial charge in [0.05, 0.1) is 44.1 Å². The van der Waals surface area contributed by atoms with Gasteiger partial charge in [0.1, 0.15) is 11.5 Å². The minimum absolute atomic E-state index is 0.0943. The number of methoxy groups -OCH3 is 2. The van der Waals surface area contributed by atoms with Crippen LogP contribution in [0.15, 0.2) is 72.3 Å². The maximum Gasteiger partial charge on any atom is 0.300 e. The second kappa shape index (κ2) is 10.9. The van der Waals surface area contributed by atoms with Gasteiger partial charge in [0.15, 0.2) is 11.5 Å². The Bertz CT molecular complexity index is 1390. The number of ketones is 1. The van der Waals surface area contributed by atoms with Crippen molar-refractivity contribution < 1.29 is 28.9 Å². The van der Waals surface area contributed by atoms with Crippen LogP contribution in [0.5, 0.6) is 17.2 Å². The van der Waals surface area contributed by atoms with Crippen LogP contribution in [0.25, 0.3) is 5.76 Å². The van der Waals surface area contributed by atoms with E-state index in [1.807, 2.05) is 13.0 Å². The SMILES string of the molecule is CCCOc1ccc(/C(O)=C2/C(=O)C(=O)N(c3ccc(C#N)cc3)C2c2cccc(OC)c2OC)cc1. The number of Topliss-reactive ketones (excluding diaryl/α,β-unsaturated/α-hetero) is 1. The maximum atomic E-state index is 13.4. The molecule has 1 saturated heterocycles. The van der Waals surface area contributed by atoms with Crippen molar-refractivity contribution in [1.29, 1.82) is 5.26 Å². The summed E-state index contributed by atoms with van der Waals surface area (Å²) in [6, 6.07) is 19.1. The number of ether oxygens (including phenoxy) is 3. The minimum Gasteiger partial charge on any atom is -0.507 e. The number of nitriles is 1. The summed E-state index contributed by atoms with van der Waals surface area (Å²) >= 11 is 0. The fourth-order valence-corrected chi connectivity index (χ4v) is 4.30. The number of anilines is 1. The number of carbonyl (C=O) groups excluding carboxylic acids is 2. The van der Waals surface area contributed by atoms with Gasteiger partial charge in [-0.25, -0.2) is 0 Å². The van der Waals surface area contributed by atoms with E-state index in [1.165, 1.54) is 19.1 Å². The third-order valence-electron chi connectivity index (χ3n) is 6.05. The average Bonchev–Trinajstić information content (AvgIpc) is 3.20. The fourth-order valence-electron chi connectivity index (χ4n) is 4.30. The van der Waals surface area contributed by atoms with Crippen molar-refractivity contribution in [3.05, 3.63) is 89.0 Å². The Morgan fingerprint density at radius 2 is 1.70 bits per heavy atom. The number of nitrogens with zero attached hydrogens (tertiary/aromatic N) is 2. The zero-order valence-corrected chi connectivity index (χ0v) is 20.7. The van der Waals surface area contributed by atoms with Crippen LogP contribution in [-0.2, 0) is 9.59 Å². The number of benzene rings is 3. The van der Waals surface area contributed by atoms with Crippen LogP contribution >= 0.6 is 0 Å². The summed E-state index contributed by atoms with van der Waals surface area (Å²) in [6.07, 6.45) is 0.850. The van der Waals surface area contributed by atoms with E-state index in [-0.39, 0.29) is 11.3 Å². The van der Waals surface area contributed by atoms with E-state index in [0.717, 1.165) is 6.42 Å². The average molecular weight is 499 g/mol. The van der Waals surface area contributed by atoms with Crippen molar-refractivity contribution in [2.24, 2.45) is 0 Å². The lowest BCUT2D eigenvalue weighted by atomic mass is 9.94. The Hall–Kier alpha value is -4.77. The molecule has 3 aromatic rings. The molecule has 0 aromatic heterocycles. The van der Waals surface area contributed by atoms with E-state index < -0.39 is 17.7 Å². The monoisotopic (exact) mass is 498 g/mol. The van der Waals surface area contributed by atoms with E-state index in [2.05, 4.69) is 0 Å². The first-order valence-electron chi connectivity index (χ1n) is 11.7. The van der Waals surface area contributed by atoms with E-state index in [9.17, 15) is 20.0 Å². The third-order valence-corrected chi connectivity index (χ3v) is 6.05. The normalized spacial score (nSPS) is 16.4. The lowest BCUT2D eigenvalue weighted by molar-refractivity contribution is -0.132. The highest BCUT2D eigenvalue weighted by Crippen LogP contribution is 2.47. The first kappa shape index (κ1) is 25.3. The molecule has 8 heteroatoms. The lowest BCUT2D eigenvalue weighted by Gasteiger charge is -2.27. The van der Waals surface area contributed by atoms with Crippen LogP contribution < -0.4 is 19.1 Å². The fraction of sp³-hybridized carbons (Fsp3) is 0.207. The second-order valence-electron chi connectivity index (χ2n) is 8.28. The molecular formula is C29H26N2O6. The van der Waals surface area contributed by atoms with Gasteiger partial charge in [-0.05, 0) is 61.0 Å². The van der Waals surface area contributed by atoms with Crippen molar-refractivity contribution >= 4 is 23.1 Å². The van der Waals surface area contributed by atoms with Crippen molar-refractivity contribution in [3.8, 4) is 23.3 Å². The Kier molecular flexibility index (Phi) is 7.44. The van der Waals surface area contributed by atoms with Gasteiger partial charge < -0.3 is 19.3 Å². The quantitative estimate of drug-likeness (QED) is 0.265. The first-order chi connectivity index (χ1) is 17.9. The van der Waals surface area contributed by atoms with Crippen LogP contribution in [-0.4, -0.2) is 37.6 Å². The van der Waals surface area contributed by atoms with E-state index in [1.54, 1.807) is 66.7 Å². The molecule has 0 spiro atoms. The molecular weight excluding hydrogens is 472 g/mol. The molecule has 1 unspecified atom stereocenters. The summed E-state index contributed by atoms with van der Waals surface area (Å²) < 4.78 is 16.7. The number of hydrogen-bond acceptors (Lipinski definition) is 7. The molecule has 8 nitrogen and oxygen atoms in total. The largest absolute Gasteiger partial charge is 0.507 e. The zero-order valence-electron chi connectivity index (χ0n) is 20.7. The van der Waals surface area contributed by atoms with Gasteiger partial charge >= 0.3 is 0 Å². The second-order valence-corrected chi connectivity index (χ2v) is 8.28. The summed E-state index contributed by atoms with van der Waals surface area (Å²) in [6.45, 7) is 2.55. The van der Waals surface area contributed by atoms with Crippen molar-refractivity contribution in [3.63, 3.8) is 0 Å². The highest BCUT2D eigenvalue weighted by molar-refractivity contribution is 6.51. The summed E-state index contributed by atoms with van der Waals surface area (Å²) in [5.74, 6) is -0.631. The Morgan fingerprint density at radius 1 is 1.00 bits per heavy atom. The molecule has 0 aliphatic carbocycles. The highest BCUT2D eigenvalue weighted by atomic mass is 16.5. The predicted molar refractivity (Wildman–Crippen MR) is 138 cm³/mol. The predicted octanol–water partition coefficient (Wildman–Crippen LogP) is 4.99. The van der Waals surface area contributed by atoms with Gasteiger partial charge in [0.25, 0.3) is 11.7 Å². The molecule has 0 bridgehead atoms. The molecule has 188 valence electrons. The van der Waals surface area contributed by atoms with Gasteiger partial charge in [0.2, 0.25) is 0 Å². The highest BCUT2D eigenvalue weighted by Gasteiger charge is 2.48. The van der Waals surface area contributed by atoms with Gasteiger partial charge in [0, 0.05) is 16.8 Å². The number of rotatable bonds is 8. The van der Waals surface area contributed by atoms with Gasteiger partial charge in [-0.3, -0.25) is 14.5 Å². The minimum atomic E-state index is -1.02. The lowest BCUT2D eigenvalue weighted by Crippen LogP contribution is -2.29. The molecule has 0 radical (unpaired) electrons. The molecule has 1 heterocycles. The zero-order chi connectivity index (χ0) is 26.5. The smallest absolute Gasteiger partial charge is 0.300 e. The van der Waals surface area contributed by atoms with Crippen molar-refractivity contribution in [2.45, 2.75) is 19.4 Å². The number of hydrogen-bond donors (Lipinski definition) is 1. The van der Waals surface area contributed by atoms with Crippen LogP contribution in [0, 0.1) is 11.3 Å². The van der Waals surface area contributed by atoms with Crippen LogP contribution in [0.1, 0.15) is 36.1 Å². The van der Waals surface area contributed by atoms with E-state index >= 15 is 0 Å². The molecule has 1 N–H and O–H groups in total. The molecule has 1 fully saturated rings. The standard InChI is InChI=1S/C29H26N2O6/c1-4-16-37-21-14-10-19(11-15-21)26(32)24-25(22-6-5-7-23(35-2)28(22)36-3)31(29(34)27(24)33)20-12-8-18(17-30)9-13-20/h5-15,25,32H,4,16H2,1-3H3/b26-24-. The Balaban J connectivity index is 1.92. The molecule has 37 heavy (non-hydrogen) atoms. The molecule has 3 aromatic carbocycles.